The maximum absolute atomic E-state index is 13.1. The van der Waals surface area contributed by atoms with Gasteiger partial charge in [0.15, 0.2) is 23.1 Å². The third kappa shape index (κ3) is 4.18. The number of methoxy groups -OCH3 is 2. The Labute approximate surface area is 133 Å². The van der Waals surface area contributed by atoms with E-state index in [-0.39, 0.29) is 18.0 Å². The zero-order valence-corrected chi connectivity index (χ0v) is 12.9. The molecular weight excluding hydrogens is 304 g/mol. The normalized spacial score (nSPS) is 10.3. The number of halogens is 2. The molecule has 2 aromatic rings. The fraction of sp³-hybridized carbons (Fsp3) is 0.235. The lowest BCUT2D eigenvalue weighted by atomic mass is 10.1. The average molecular weight is 321 g/mol. The minimum absolute atomic E-state index is 0.169. The van der Waals surface area contributed by atoms with Crippen LogP contribution in [-0.4, -0.2) is 20.1 Å². The van der Waals surface area contributed by atoms with Crippen LogP contribution in [-0.2, 0) is 11.2 Å². The van der Waals surface area contributed by atoms with E-state index in [0.717, 1.165) is 17.7 Å². The molecule has 0 saturated carbocycles. The largest absolute Gasteiger partial charge is 0.493 e. The van der Waals surface area contributed by atoms with Crippen molar-refractivity contribution in [3.63, 3.8) is 0 Å². The lowest BCUT2D eigenvalue weighted by Gasteiger charge is -2.12. The molecular formula is C17H17F2NO3. The summed E-state index contributed by atoms with van der Waals surface area (Å²) in [6, 6.07) is 8.64. The van der Waals surface area contributed by atoms with Crippen LogP contribution in [0.3, 0.4) is 0 Å². The molecule has 0 heterocycles. The van der Waals surface area contributed by atoms with Crippen LogP contribution in [0.5, 0.6) is 11.5 Å². The molecule has 2 aromatic carbocycles. The van der Waals surface area contributed by atoms with Gasteiger partial charge in [0.2, 0.25) is 5.91 Å². The van der Waals surface area contributed by atoms with Crippen LogP contribution in [0.25, 0.3) is 0 Å². The first-order chi connectivity index (χ1) is 11.0. The van der Waals surface area contributed by atoms with Crippen LogP contribution >= 0.6 is 0 Å². The number of para-hydroxylation sites is 1. The second-order valence-corrected chi connectivity index (χ2v) is 4.83. The Bertz CT molecular complexity index is 704. The smallest absolute Gasteiger partial charge is 0.224 e. The average Bonchev–Trinajstić information content (AvgIpc) is 2.55. The summed E-state index contributed by atoms with van der Waals surface area (Å²) in [7, 11) is 3.07. The maximum atomic E-state index is 13.1. The first-order valence-corrected chi connectivity index (χ1v) is 7.00. The molecule has 0 aliphatic carbocycles. The van der Waals surface area contributed by atoms with E-state index >= 15 is 0 Å². The monoisotopic (exact) mass is 321 g/mol. The zero-order valence-electron chi connectivity index (χ0n) is 12.9. The number of carbonyl (C=O) groups excluding carboxylic acids is 1. The quantitative estimate of drug-likeness (QED) is 0.885. The fourth-order valence-corrected chi connectivity index (χ4v) is 2.20. The molecule has 2 rings (SSSR count). The van der Waals surface area contributed by atoms with E-state index < -0.39 is 11.6 Å². The lowest BCUT2D eigenvalue weighted by Crippen LogP contribution is -2.13. The number of aryl methyl sites for hydroxylation is 1. The summed E-state index contributed by atoms with van der Waals surface area (Å²) in [4.78, 5) is 11.9. The van der Waals surface area contributed by atoms with Crippen LogP contribution in [0.15, 0.2) is 36.4 Å². The number of hydrogen-bond acceptors (Lipinski definition) is 3. The minimum Gasteiger partial charge on any atom is -0.493 e. The lowest BCUT2D eigenvalue weighted by molar-refractivity contribution is -0.116. The molecule has 23 heavy (non-hydrogen) atoms. The molecule has 1 N–H and O–H groups in total. The van der Waals surface area contributed by atoms with Gasteiger partial charge in [-0.15, -0.1) is 0 Å². The van der Waals surface area contributed by atoms with Gasteiger partial charge in [-0.25, -0.2) is 8.78 Å². The Morgan fingerprint density at radius 2 is 1.87 bits per heavy atom. The highest BCUT2D eigenvalue weighted by atomic mass is 19.2. The molecule has 0 fully saturated rings. The number of nitrogens with one attached hydrogen (secondary N) is 1. The number of carbonyl (C=O) groups is 1. The van der Waals surface area contributed by atoms with Gasteiger partial charge in [-0.3, -0.25) is 4.79 Å². The van der Waals surface area contributed by atoms with E-state index in [9.17, 15) is 13.6 Å². The molecule has 0 saturated heterocycles. The van der Waals surface area contributed by atoms with Gasteiger partial charge in [0, 0.05) is 18.2 Å². The second kappa shape index (κ2) is 7.58. The minimum atomic E-state index is -1.00. The summed E-state index contributed by atoms with van der Waals surface area (Å²) in [5.74, 6) is -1.09. The van der Waals surface area contributed by atoms with Gasteiger partial charge in [-0.2, -0.15) is 0 Å². The molecule has 0 aliphatic heterocycles. The molecule has 0 aromatic heterocycles. The van der Waals surface area contributed by atoms with Crippen LogP contribution in [0.4, 0.5) is 14.5 Å². The number of benzene rings is 2. The second-order valence-electron chi connectivity index (χ2n) is 4.83. The summed E-state index contributed by atoms with van der Waals surface area (Å²) in [5.41, 5.74) is 1.04. The van der Waals surface area contributed by atoms with Crippen LogP contribution in [0, 0.1) is 11.6 Å². The fourth-order valence-electron chi connectivity index (χ4n) is 2.20. The molecule has 0 aliphatic rings. The summed E-state index contributed by atoms with van der Waals surface area (Å²) in [6.45, 7) is 0. The Kier molecular flexibility index (Phi) is 5.51. The molecule has 0 bridgehead atoms. The summed E-state index contributed by atoms with van der Waals surface area (Å²) in [6.07, 6.45) is 0.596. The van der Waals surface area contributed by atoms with E-state index in [4.69, 9.17) is 9.47 Å². The Hall–Kier alpha value is -2.63. The summed E-state index contributed by atoms with van der Waals surface area (Å²) < 4.78 is 36.5. The van der Waals surface area contributed by atoms with E-state index in [0.29, 0.717) is 17.9 Å². The van der Waals surface area contributed by atoms with Crippen molar-refractivity contribution in [2.24, 2.45) is 0 Å². The topological polar surface area (TPSA) is 47.6 Å². The molecule has 6 heteroatoms. The van der Waals surface area contributed by atoms with Crippen molar-refractivity contribution in [1.29, 1.82) is 0 Å². The van der Waals surface area contributed by atoms with Crippen molar-refractivity contribution in [3.05, 3.63) is 53.6 Å². The van der Waals surface area contributed by atoms with Crippen molar-refractivity contribution < 1.29 is 23.0 Å². The van der Waals surface area contributed by atoms with Gasteiger partial charge >= 0.3 is 0 Å². The van der Waals surface area contributed by atoms with Crippen molar-refractivity contribution in [1.82, 2.24) is 0 Å². The van der Waals surface area contributed by atoms with Crippen LogP contribution < -0.4 is 14.8 Å². The third-order valence-electron chi connectivity index (χ3n) is 3.31. The molecule has 0 spiro atoms. The van der Waals surface area contributed by atoms with E-state index in [1.807, 2.05) is 12.1 Å². The number of ether oxygens (including phenoxy) is 2. The standard InChI is InChI=1S/C17H17F2NO3/c1-22-15-5-3-4-11(17(15)23-2)6-9-16(21)20-12-7-8-13(18)14(19)10-12/h3-5,7-8,10H,6,9H2,1-2H3,(H,20,21). The molecule has 4 nitrogen and oxygen atoms in total. The number of anilines is 1. The maximum Gasteiger partial charge on any atom is 0.224 e. The van der Waals surface area contributed by atoms with Crippen molar-refractivity contribution in [2.45, 2.75) is 12.8 Å². The Morgan fingerprint density at radius 3 is 2.52 bits per heavy atom. The first-order valence-electron chi connectivity index (χ1n) is 7.00. The molecule has 0 radical (unpaired) electrons. The Morgan fingerprint density at radius 1 is 1.09 bits per heavy atom. The highest BCUT2D eigenvalue weighted by Gasteiger charge is 2.12. The molecule has 0 unspecified atom stereocenters. The highest BCUT2D eigenvalue weighted by molar-refractivity contribution is 5.90. The molecule has 0 atom stereocenters. The van der Waals surface area contributed by atoms with E-state index in [2.05, 4.69) is 5.32 Å². The number of hydrogen-bond donors (Lipinski definition) is 1. The van der Waals surface area contributed by atoms with Crippen molar-refractivity contribution in [2.75, 3.05) is 19.5 Å². The first kappa shape index (κ1) is 16.7. The molecule has 122 valence electrons. The zero-order chi connectivity index (χ0) is 16.8. The van der Waals surface area contributed by atoms with Gasteiger partial charge < -0.3 is 14.8 Å². The van der Waals surface area contributed by atoms with Gasteiger partial charge in [0.1, 0.15) is 0 Å². The van der Waals surface area contributed by atoms with Crippen molar-refractivity contribution in [3.8, 4) is 11.5 Å². The summed E-state index contributed by atoms with van der Waals surface area (Å²) in [5, 5.41) is 2.53. The number of amides is 1. The van der Waals surface area contributed by atoms with Crippen LogP contribution in [0.2, 0.25) is 0 Å². The van der Waals surface area contributed by atoms with Gasteiger partial charge in [-0.1, -0.05) is 12.1 Å². The molecule has 1 amide bonds. The Balaban J connectivity index is 2.00. The number of rotatable bonds is 6. The van der Waals surface area contributed by atoms with E-state index in [1.165, 1.54) is 20.3 Å². The third-order valence-corrected chi connectivity index (χ3v) is 3.31. The van der Waals surface area contributed by atoms with Crippen LogP contribution in [0.1, 0.15) is 12.0 Å². The van der Waals surface area contributed by atoms with Gasteiger partial charge in [0.25, 0.3) is 0 Å². The van der Waals surface area contributed by atoms with Gasteiger partial charge in [-0.05, 0) is 30.2 Å². The predicted molar refractivity (Wildman–Crippen MR) is 82.9 cm³/mol. The summed E-state index contributed by atoms with van der Waals surface area (Å²) >= 11 is 0. The highest BCUT2D eigenvalue weighted by Crippen LogP contribution is 2.31. The predicted octanol–water partition coefficient (Wildman–Crippen LogP) is 3.55. The van der Waals surface area contributed by atoms with Gasteiger partial charge in [0.05, 0.1) is 14.2 Å². The van der Waals surface area contributed by atoms with Crippen molar-refractivity contribution >= 4 is 11.6 Å². The SMILES string of the molecule is COc1cccc(CCC(=O)Nc2ccc(F)c(F)c2)c1OC. The van der Waals surface area contributed by atoms with E-state index in [1.54, 1.807) is 6.07 Å².